The SMILES string of the molecule is CCc1ccc(C(C)NCCCS(C)(=O)=O)cc1. The van der Waals surface area contributed by atoms with Gasteiger partial charge in [-0.2, -0.15) is 0 Å². The summed E-state index contributed by atoms with van der Waals surface area (Å²) in [6, 6.07) is 8.81. The maximum absolute atomic E-state index is 11.0. The third kappa shape index (κ3) is 5.65. The molecule has 1 N–H and O–H groups in total. The van der Waals surface area contributed by atoms with Crippen LogP contribution in [-0.4, -0.2) is 27.0 Å². The second-order valence-electron chi connectivity index (χ2n) is 4.75. The van der Waals surface area contributed by atoms with Crippen molar-refractivity contribution in [2.75, 3.05) is 18.6 Å². The van der Waals surface area contributed by atoms with Gasteiger partial charge in [0.25, 0.3) is 0 Å². The summed E-state index contributed by atoms with van der Waals surface area (Å²) in [5, 5.41) is 3.34. The van der Waals surface area contributed by atoms with Gasteiger partial charge in [0.2, 0.25) is 0 Å². The third-order valence-corrected chi connectivity index (χ3v) is 4.06. The van der Waals surface area contributed by atoms with Crippen LogP contribution in [0.4, 0.5) is 0 Å². The predicted octanol–water partition coefficient (Wildman–Crippen LogP) is 2.33. The van der Waals surface area contributed by atoms with Crippen LogP contribution in [0.15, 0.2) is 24.3 Å². The maximum atomic E-state index is 11.0. The molecule has 0 aliphatic rings. The Hall–Kier alpha value is -0.870. The van der Waals surface area contributed by atoms with Crippen LogP contribution in [0.3, 0.4) is 0 Å². The number of benzene rings is 1. The van der Waals surface area contributed by atoms with Gasteiger partial charge in [0.1, 0.15) is 9.84 Å². The largest absolute Gasteiger partial charge is 0.310 e. The molecule has 0 aliphatic heterocycles. The average Bonchev–Trinajstić information content (AvgIpc) is 2.33. The van der Waals surface area contributed by atoms with Crippen LogP contribution >= 0.6 is 0 Å². The van der Waals surface area contributed by atoms with E-state index in [0.717, 1.165) is 13.0 Å². The molecule has 18 heavy (non-hydrogen) atoms. The van der Waals surface area contributed by atoms with Crippen molar-refractivity contribution in [2.45, 2.75) is 32.7 Å². The predicted molar refractivity (Wildman–Crippen MR) is 76.6 cm³/mol. The molecule has 0 heterocycles. The summed E-state index contributed by atoms with van der Waals surface area (Å²) in [6.07, 6.45) is 2.99. The first kappa shape index (κ1) is 15.2. The minimum Gasteiger partial charge on any atom is -0.310 e. The molecule has 1 atom stereocenters. The highest BCUT2D eigenvalue weighted by atomic mass is 32.2. The van der Waals surface area contributed by atoms with E-state index in [-0.39, 0.29) is 11.8 Å². The summed E-state index contributed by atoms with van der Waals surface area (Å²) in [6.45, 7) is 4.97. The molecule has 1 unspecified atom stereocenters. The zero-order chi connectivity index (χ0) is 13.6. The fourth-order valence-electron chi connectivity index (χ4n) is 1.81. The van der Waals surface area contributed by atoms with Gasteiger partial charge in [-0.1, -0.05) is 31.2 Å². The number of rotatable bonds is 7. The summed E-state index contributed by atoms with van der Waals surface area (Å²) in [5.41, 5.74) is 2.58. The van der Waals surface area contributed by atoms with Gasteiger partial charge >= 0.3 is 0 Å². The van der Waals surface area contributed by atoms with Crippen molar-refractivity contribution in [1.82, 2.24) is 5.32 Å². The zero-order valence-corrected chi connectivity index (χ0v) is 12.3. The molecule has 0 bridgehead atoms. The van der Waals surface area contributed by atoms with Crippen molar-refractivity contribution in [3.63, 3.8) is 0 Å². The van der Waals surface area contributed by atoms with Gasteiger partial charge in [0.05, 0.1) is 5.75 Å². The molecule has 3 nitrogen and oxygen atoms in total. The summed E-state index contributed by atoms with van der Waals surface area (Å²) >= 11 is 0. The van der Waals surface area contributed by atoms with Crippen LogP contribution < -0.4 is 5.32 Å². The van der Waals surface area contributed by atoms with Crippen LogP contribution in [-0.2, 0) is 16.3 Å². The van der Waals surface area contributed by atoms with Gasteiger partial charge in [-0.25, -0.2) is 8.42 Å². The number of nitrogens with one attached hydrogen (secondary N) is 1. The van der Waals surface area contributed by atoms with E-state index < -0.39 is 9.84 Å². The Balaban J connectivity index is 2.38. The maximum Gasteiger partial charge on any atom is 0.147 e. The zero-order valence-electron chi connectivity index (χ0n) is 11.4. The number of hydrogen-bond donors (Lipinski definition) is 1. The summed E-state index contributed by atoms with van der Waals surface area (Å²) in [4.78, 5) is 0. The van der Waals surface area contributed by atoms with E-state index >= 15 is 0 Å². The Morgan fingerprint density at radius 1 is 1.22 bits per heavy atom. The lowest BCUT2D eigenvalue weighted by Crippen LogP contribution is -2.21. The molecule has 102 valence electrons. The van der Waals surface area contributed by atoms with Crippen molar-refractivity contribution in [3.05, 3.63) is 35.4 Å². The average molecular weight is 269 g/mol. The minimum absolute atomic E-state index is 0.251. The quantitative estimate of drug-likeness (QED) is 0.773. The molecule has 0 radical (unpaired) electrons. The molecule has 0 spiro atoms. The van der Waals surface area contributed by atoms with Crippen molar-refractivity contribution < 1.29 is 8.42 Å². The van der Waals surface area contributed by atoms with E-state index in [4.69, 9.17) is 0 Å². The molecular weight excluding hydrogens is 246 g/mol. The van der Waals surface area contributed by atoms with E-state index in [2.05, 4.69) is 43.4 Å². The number of hydrogen-bond acceptors (Lipinski definition) is 3. The Labute approximate surface area is 111 Å². The lowest BCUT2D eigenvalue weighted by atomic mass is 10.1. The standard InChI is InChI=1S/C14H23NO2S/c1-4-13-6-8-14(9-7-13)12(2)15-10-5-11-18(3,16)17/h6-9,12,15H,4-5,10-11H2,1-3H3. The van der Waals surface area contributed by atoms with Gasteiger partial charge in [0, 0.05) is 12.3 Å². The third-order valence-electron chi connectivity index (χ3n) is 3.03. The fourth-order valence-corrected chi connectivity index (χ4v) is 2.48. The van der Waals surface area contributed by atoms with Crippen LogP contribution in [0.5, 0.6) is 0 Å². The highest BCUT2D eigenvalue weighted by molar-refractivity contribution is 7.90. The lowest BCUT2D eigenvalue weighted by Gasteiger charge is -2.14. The topological polar surface area (TPSA) is 46.2 Å². The highest BCUT2D eigenvalue weighted by Gasteiger charge is 2.05. The fraction of sp³-hybridized carbons (Fsp3) is 0.571. The second-order valence-corrected chi connectivity index (χ2v) is 7.01. The lowest BCUT2D eigenvalue weighted by molar-refractivity contribution is 0.562. The first-order valence-corrected chi connectivity index (χ1v) is 8.48. The molecule has 4 heteroatoms. The van der Waals surface area contributed by atoms with E-state index in [0.29, 0.717) is 6.42 Å². The van der Waals surface area contributed by atoms with E-state index in [9.17, 15) is 8.42 Å². The molecule has 0 amide bonds. The van der Waals surface area contributed by atoms with Crippen LogP contribution in [0, 0.1) is 0 Å². The molecule has 0 saturated carbocycles. The summed E-state index contributed by atoms with van der Waals surface area (Å²) in [7, 11) is -2.84. The Morgan fingerprint density at radius 2 is 1.83 bits per heavy atom. The van der Waals surface area contributed by atoms with Crippen LogP contribution in [0.1, 0.15) is 37.4 Å². The molecule has 0 aromatic heterocycles. The van der Waals surface area contributed by atoms with E-state index in [1.807, 2.05) is 0 Å². The van der Waals surface area contributed by atoms with Gasteiger partial charge in [-0.15, -0.1) is 0 Å². The Kier molecular flexibility index (Phi) is 5.82. The van der Waals surface area contributed by atoms with Gasteiger partial charge in [0.15, 0.2) is 0 Å². The van der Waals surface area contributed by atoms with Crippen LogP contribution in [0.25, 0.3) is 0 Å². The normalized spacial score (nSPS) is 13.5. The molecule has 1 rings (SSSR count). The first-order valence-electron chi connectivity index (χ1n) is 6.42. The molecule has 0 fully saturated rings. The Morgan fingerprint density at radius 3 is 2.33 bits per heavy atom. The number of aryl methyl sites for hydroxylation is 1. The van der Waals surface area contributed by atoms with E-state index in [1.165, 1.54) is 17.4 Å². The smallest absolute Gasteiger partial charge is 0.147 e. The molecular formula is C14H23NO2S. The van der Waals surface area contributed by atoms with E-state index in [1.54, 1.807) is 0 Å². The van der Waals surface area contributed by atoms with Crippen LogP contribution in [0.2, 0.25) is 0 Å². The molecule has 0 aliphatic carbocycles. The van der Waals surface area contributed by atoms with Crippen molar-refractivity contribution in [3.8, 4) is 0 Å². The second kappa shape index (κ2) is 6.90. The van der Waals surface area contributed by atoms with Gasteiger partial charge < -0.3 is 5.32 Å². The highest BCUT2D eigenvalue weighted by Crippen LogP contribution is 2.13. The first-order chi connectivity index (χ1) is 8.42. The summed E-state index contributed by atoms with van der Waals surface area (Å²) in [5.74, 6) is 0.251. The van der Waals surface area contributed by atoms with Crippen molar-refractivity contribution in [1.29, 1.82) is 0 Å². The minimum atomic E-state index is -2.84. The van der Waals surface area contributed by atoms with Crippen molar-refractivity contribution in [2.24, 2.45) is 0 Å². The molecule has 1 aromatic rings. The van der Waals surface area contributed by atoms with Crippen molar-refractivity contribution >= 4 is 9.84 Å². The molecule has 0 saturated heterocycles. The van der Waals surface area contributed by atoms with Gasteiger partial charge in [-0.3, -0.25) is 0 Å². The monoisotopic (exact) mass is 269 g/mol. The number of sulfone groups is 1. The summed E-state index contributed by atoms with van der Waals surface area (Å²) < 4.78 is 22.0. The molecule has 1 aromatic carbocycles. The Bertz CT molecular complexity index is 451. The van der Waals surface area contributed by atoms with Gasteiger partial charge in [-0.05, 0) is 37.4 Å².